The molecule has 2 aromatic rings. The van der Waals surface area contributed by atoms with Gasteiger partial charge in [0.05, 0.1) is 12.1 Å². The number of halogens is 2. The van der Waals surface area contributed by atoms with Crippen molar-refractivity contribution in [2.24, 2.45) is 11.8 Å². The third-order valence-corrected chi connectivity index (χ3v) is 10.5. The van der Waals surface area contributed by atoms with E-state index in [0.29, 0.717) is 34.4 Å². The molecular weight excluding hydrogens is 567 g/mol. The summed E-state index contributed by atoms with van der Waals surface area (Å²) in [6.45, 7) is 7.79. The van der Waals surface area contributed by atoms with Gasteiger partial charge in [-0.3, -0.25) is 19.3 Å². The normalized spacial score (nSPS) is 24.6. The summed E-state index contributed by atoms with van der Waals surface area (Å²) in [5, 5.41) is 10.7. The molecule has 5 rings (SSSR count). The number of likely N-dealkylation sites (tertiary alicyclic amines) is 1. The van der Waals surface area contributed by atoms with Gasteiger partial charge in [0.15, 0.2) is 5.54 Å². The van der Waals surface area contributed by atoms with E-state index in [1.54, 1.807) is 28.0 Å². The molecule has 1 N–H and O–H groups in total. The number of anilines is 1. The average Bonchev–Trinajstić information content (AvgIpc) is 3.66. The van der Waals surface area contributed by atoms with Crippen LogP contribution in [0.15, 0.2) is 42.5 Å². The van der Waals surface area contributed by atoms with Gasteiger partial charge in [-0.2, -0.15) is 0 Å². The van der Waals surface area contributed by atoms with Gasteiger partial charge < -0.3 is 14.7 Å². The SMILES string of the molecule is C[Si](C)(C)CCOCN1C(=O)C2(c3ccc(Cl)cc31)C(c1cccc(Cl)c1)CC(CC(=O)O)C(=O)N2CC1CC1. The predicted octanol–water partition coefficient (Wildman–Crippen LogP) is 6.36. The van der Waals surface area contributed by atoms with E-state index in [-0.39, 0.29) is 37.3 Å². The highest BCUT2D eigenvalue weighted by molar-refractivity contribution is 6.76. The Hall–Kier alpha value is -2.39. The average molecular weight is 604 g/mol. The molecule has 2 amide bonds. The van der Waals surface area contributed by atoms with Crippen LogP contribution in [0.5, 0.6) is 0 Å². The van der Waals surface area contributed by atoms with Crippen molar-refractivity contribution in [3.05, 3.63) is 63.6 Å². The van der Waals surface area contributed by atoms with E-state index in [2.05, 4.69) is 19.6 Å². The Morgan fingerprint density at radius 1 is 1.10 bits per heavy atom. The molecule has 10 heteroatoms. The van der Waals surface area contributed by atoms with Crippen molar-refractivity contribution in [2.45, 2.75) is 62.8 Å². The van der Waals surface area contributed by atoms with Crippen LogP contribution in [0.4, 0.5) is 5.69 Å². The minimum atomic E-state index is -1.36. The number of benzene rings is 2. The second kappa shape index (κ2) is 11.1. The molecule has 1 saturated heterocycles. The quantitative estimate of drug-likeness (QED) is 0.252. The molecule has 0 aromatic heterocycles. The Morgan fingerprint density at radius 2 is 1.82 bits per heavy atom. The Kier molecular flexibility index (Phi) is 8.09. The third kappa shape index (κ3) is 5.56. The highest BCUT2D eigenvalue weighted by Gasteiger charge is 2.64. The molecule has 1 spiro atoms. The van der Waals surface area contributed by atoms with Crippen LogP contribution < -0.4 is 4.90 Å². The number of carboxylic acid groups (broad SMARTS) is 1. The largest absolute Gasteiger partial charge is 0.481 e. The Labute approximate surface area is 246 Å². The van der Waals surface area contributed by atoms with Gasteiger partial charge in [0.25, 0.3) is 5.91 Å². The predicted molar refractivity (Wildman–Crippen MR) is 159 cm³/mol. The highest BCUT2D eigenvalue weighted by Crippen LogP contribution is 2.58. The van der Waals surface area contributed by atoms with Crippen LogP contribution in [-0.4, -0.2) is 55.7 Å². The second-order valence-electron chi connectivity index (χ2n) is 12.5. The summed E-state index contributed by atoms with van der Waals surface area (Å²) in [4.78, 5) is 44.2. The van der Waals surface area contributed by atoms with Gasteiger partial charge in [0.1, 0.15) is 6.73 Å². The second-order valence-corrected chi connectivity index (χ2v) is 19.0. The van der Waals surface area contributed by atoms with Gasteiger partial charge >= 0.3 is 5.97 Å². The Bertz CT molecular complexity index is 1330. The monoisotopic (exact) mass is 602 g/mol. The number of carbonyl (C=O) groups excluding carboxylic acids is 2. The van der Waals surface area contributed by atoms with Crippen molar-refractivity contribution < 1.29 is 24.2 Å². The summed E-state index contributed by atoms with van der Waals surface area (Å²) in [7, 11) is -1.35. The van der Waals surface area contributed by atoms with Crippen molar-refractivity contribution in [1.29, 1.82) is 0 Å². The smallest absolute Gasteiger partial charge is 0.304 e. The number of nitrogens with zero attached hydrogens (tertiary/aromatic N) is 2. The van der Waals surface area contributed by atoms with Crippen LogP contribution >= 0.6 is 23.2 Å². The molecule has 3 unspecified atom stereocenters. The molecular formula is C30H36Cl2N2O5Si. The molecule has 2 fully saturated rings. The third-order valence-electron chi connectivity index (χ3n) is 8.32. The summed E-state index contributed by atoms with van der Waals surface area (Å²) >= 11 is 12.9. The van der Waals surface area contributed by atoms with E-state index in [4.69, 9.17) is 27.9 Å². The van der Waals surface area contributed by atoms with Gasteiger partial charge in [-0.15, -0.1) is 0 Å². The fourth-order valence-corrected chi connectivity index (χ4v) is 7.28. The van der Waals surface area contributed by atoms with Crippen molar-refractivity contribution in [2.75, 3.05) is 24.8 Å². The standard InChI is InChI=1S/C30H36Cl2N2O5Si/c1-40(2,3)12-11-39-18-33-26-16-23(32)9-10-24(26)30(29(33)38)25(20-5-4-6-22(31)13-20)14-21(15-27(35)36)28(37)34(30)17-19-7-8-19/h4-6,9-10,13,16,19,21,25H,7-8,11-12,14-15,17-18H2,1-3H3,(H,35,36). The number of aliphatic carboxylic acids is 1. The highest BCUT2D eigenvalue weighted by atomic mass is 35.5. The maximum atomic E-state index is 14.9. The zero-order valence-corrected chi connectivity index (χ0v) is 25.7. The molecule has 7 nitrogen and oxygen atoms in total. The Morgan fingerprint density at radius 3 is 2.48 bits per heavy atom. The fraction of sp³-hybridized carbons (Fsp3) is 0.500. The van der Waals surface area contributed by atoms with Crippen LogP contribution in [0.1, 0.15) is 42.7 Å². The fourth-order valence-electron chi connectivity index (χ4n) is 6.15. The maximum Gasteiger partial charge on any atom is 0.304 e. The molecule has 2 aromatic carbocycles. The number of piperidine rings is 1. The molecule has 1 saturated carbocycles. The maximum absolute atomic E-state index is 14.9. The summed E-state index contributed by atoms with van der Waals surface area (Å²) < 4.78 is 6.08. The number of fused-ring (bicyclic) bond motifs is 2. The van der Waals surface area contributed by atoms with Crippen molar-refractivity contribution in [3.8, 4) is 0 Å². The lowest BCUT2D eigenvalue weighted by Crippen LogP contribution is -2.64. The number of ether oxygens (including phenoxy) is 1. The van der Waals surface area contributed by atoms with Crippen molar-refractivity contribution in [1.82, 2.24) is 4.90 Å². The molecule has 0 radical (unpaired) electrons. The first kappa shape index (κ1) is 29.1. The van der Waals surface area contributed by atoms with E-state index >= 15 is 0 Å². The zero-order chi connectivity index (χ0) is 28.8. The van der Waals surface area contributed by atoms with E-state index in [0.717, 1.165) is 24.4 Å². The van der Waals surface area contributed by atoms with Gasteiger partial charge in [-0.05, 0) is 61.1 Å². The van der Waals surface area contributed by atoms with E-state index in [9.17, 15) is 19.5 Å². The van der Waals surface area contributed by atoms with Crippen molar-refractivity contribution >= 4 is 54.7 Å². The number of hydrogen-bond acceptors (Lipinski definition) is 4. The number of carbonyl (C=O) groups is 3. The molecule has 40 heavy (non-hydrogen) atoms. The minimum absolute atomic E-state index is 0.0463. The van der Waals surface area contributed by atoms with Gasteiger partial charge in [-0.1, -0.05) is 61.0 Å². The number of hydrogen-bond donors (Lipinski definition) is 1. The molecule has 0 bridgehead atoms. The molecule has 214 valence electrons. The first-order chi connectivity index (χ1) is 18.9. The lowest BCUT2D eigenvalue weighted by molar-refractivity contribution is -0.161. The summed E-state index contributed by atoms with van der Waals surface area (Å²) in [6.07, 6.45) is 1.86. The van der Waals surface area contributed by atoms with Crippen LogP contribution in [0.3, 0.4) is 0 Å². The molecule has 2 aliphatic heterocycles. The lowest BCUT2D eigenvalue weighted by atomic mass is 9.66. The summed E-state index contributed by atoms with van der Waals surface area (Å²) in [5.41, 5.74) is 0.764. The molecule has 1 aliphatic carbocycles. The minimum Gasteiger partial charge on any atom is -0.481 e. The van der Waals surface area contributed by atoms with Gasteiger partial charge in [0.2, 0.25) is 5.91 Å². The van der Waals surface area contributed by atoms with Gasteiger partial charge in [-0.25, -0.2) is 0 Å². The van der Waals surface area contributed by atoms with Crippen molar-refractivity contribution in [3.63, 3.8) is 0 Å². The van der Waals surface area contributed by atoms with Crippen LogP contribution in [-0.2, 0) is 24.7 Å². The van der Waals surface area contributed by atoms with E-state index < -0.39 is 31.4 Å². The van der Waals surface area contributed by atoms with E-state index in [1.165, 1.54) is 0 Å². The number of carboxylic acids is 1. The summed E-state index contributed by atoms with van der Waals surface area (Å²) in [6, 6.07) is 13.7. The summed E-state index contributed by atoms with van der Waals surface area (Å²) in [5.74, 6) is -2.56. The number of rotatable bonds is 10. The van der Waals surface area contributed by atoms with E-state index in [1.807, 2.05) is 24.3 Å². The Balaban J connectivity index is 1.65. The van der Waals surface area contributed by atoms with Crippen LogP contribution in [0.25, 0.3) is 0 Å². The first-order valence-corrected chi connectivity index (χ1v) is 18.4. The molecule has 3 aliphatic rings. The lowest BCUT2D eigenvalue weighted by Gasteiger charge is -2.51. The topological polar surface area (TPSA) is 87.1 Å². The molecule has 2 heterocycles. The first-order valence-electron chi connectivity index (χ1n) is 13.9. The van der Waals surface area contributed by atoms with Crippen LogP contribution in [0, 0.1) is 11.8 Å². The number of amides is 2. The van der Waals surface area contributed by atoms with Crippen LogP contribution in [0.2, 0.25) is 35.7 Å². The molecule has 3 atom stereocenters. The zero-order valence-electron chi connectivity index (χ0n) is 23.2. The van der Waals surface area contributed by atoms with Gasteiger partial charge in [0, 0.05) is 48.7 Å².